The predicted octanol–water partition coefficient (Wildman–Crippen LogP) is 2.71. The highest BCUT2D eigenvalue weighted by molar-refractivity contribution is 7.99. The minimum absolute atomic E-state index is 0.331. The molecule has 1 aliphatic rings. The van der Waals surface area contributed by atoms with Gasteiger partial charge in [0.05, 0.1) is 10.0 Å². The second kappa shape index (κ2) is 4.51. The van der Waals surface area contributed by atoms with Crippen LogP contribution in [0.5, 0.6) is 0 Å². The van der Waals surface area contributed by atoms with Crippen LogP contribution in [0.25, 0.3) is 0 Å². The van der Waals surface area contributed by atoms with Crippen molar-refractivity contribution in [2.75, 3.05) is 0 Å². The summed E-state index contributed by atoms with van der Waals surface area (Å²) >= 11 is 7.53. The molecule has 1 saturated carbocycles. The summed E-state index contributed by atoms with van der Waals surface area (Å²) in [5.41, 5.74) is 5.98. The summed E-state index contributed by atoms with van der Waals surface area (Å²) < 4.78 is 0. The number of pyridine rings is 1. The number of aromatic nitrogens is 1. The number of rotatable bonds is 2. The fraction of sp³-hybridized carbons (Fsp3) is 0.500. The van der Waals surface area contributed by atoms with E-state index in [9.17, 15) is 0 Å². The van der Waals surface area contributed by atoms with E-state index in [-0.39, 0.29) is 0 Å². The molecule has 0 aliphatic heterocycles. The molecule has 2 nitrogen and oxygen atoms in total. The highest BCUT2D eigenvalue weighted by Gasteiger charge is 2.24. The van der Waals surface area contributed by atoms with E-state index in [1.807, 2.05) is 12.1 Å². The van der Waals surface area contributed by atoms with Crippen LogP contribution < -0.4 is 5.73 Å². The Hall–Kier alpha value is -0.250. The molecule has 1 aliphatic carbocycles. The molecule has 1 heterocycles. The van der Waals surface area contributed by atoms with Gasteiger partial charge in [0.25, 0.3) is 0 Å². The van der Waals surface area contributed by atoms with E-state index in [0.29, 0.717) is 16.3 Å². The van der Waals surface area contributed by atoms with Gasteiger partial charge in [0, 0.05) is 17.5 Å². The third-order valence-corrected chi connectivity index (χ3v) is 4.07. The van der Waals surface area contributed by atoms with E-state index < -0.39 is 0 Å². The maximum absolute atomic E-state index is 5.98. The van der Waals surface area contributed by atoms with Gasteiger partial charge >= 0.3 is 0 Å². The molecule has 0 bridgehead atoms. The van der Waals surface area contributed by atoms with Crippen molar-refractivity contribution in [1.29, 1.82) is 0 Å². The number of hydrogen-bond acceptors (Lipinski definition) is 3. The van der Waals surface area contributed by atoms with Gasteiger partial charge in [-0.05, 0) is 25.0 Å². The second-order valence-corrected chi connectivity index (χ2v) is 5.26. The lowest BCUT2D eigenvalue weighted by Crippen LogP contribution is -2.26. The van der Waals surface area contributed by atoms with Crippen LogP contribution in [0.1, 0.15) is 19.3 Å². The second-order valence-electron chi connectivity index (χ2n) is 3.57. The third kappa shape index (κ3) is 2.41. The van der Waals surface area contributed by atoms with E-state index >= 15 is 0 Å². The molecule has 0 aromatic carbocycles. The van der Waals surface area contributed by atoms with Gasteiger partial charge in [0.2, 0.25) is 0 Å². The lowest BCUT2D eigenvalue weighted by molar-refractivity contribution is 0.715. The summed E-state index contributed by atoms with van der Waals surface area (Å²) in [6, 6.07) is 4.16. The van der Waals surface area contributed by atoms with Crippen LogP contribution in [0, 0.1) is 0 Å². The zero-order chi connectivity index (χ0) is 9.97. The molecule has 0 spiro atoms. The first-order valence-corrected chi connectivity index (χ1v) is 6.05. The minimum Gasteiger partial charge on any atom is -0.327 e. The van der Waals surface area contributed by atoms with Crippen LogP contribution in [0.2, 0.25) is 5.02 Å². The Balaban J connectivity index is 2.00. The van der Waals surface area contributed by atoms with Crippen LogP contribution in [0.4, 0.5) is 0 Å². The van der Waals surface area contributed by atoms with Crippen LogP contribution >= 0.6 is 23.4 Å². The quantitative estimate of drug-likeness (QED) is 0.846. The molecular formula is C10H13ClN2S. The molecule has 0 radical (unpaired) electrons. The van der Waals surface area contributed by atoms with Crippen molar-refractivity contribution in [3.63, 3.8) is 0 Å². The highest BCUT2D eigenvalue weighted by atomic mass is 35.5. The molecule has 1 fully saturated rings. The van der Waals surface area contributed by atoms with Crippen molar-refractivity contribution in [2.24, 2.45) is 5.73 Å². The zero-order valence-electron chi connectivity index (χ0n) is 7.82. The molecule has 2 unspecified atom stereocenters. The van der Waals surface area contributed by atoms with Gasteiger partial charge in [-0.2, -0.15) is 0 Å². The molecule has 2 N–H and O–H groups in total. The lowest BCUT2D eigenvalue weighted by Gasteiger charge is -2.13. The van der Waals surface area contributed by atoms with Crippen molar-refractivity contribution in [3.8, 4) is 0 Å². The van der Waals surface area contributed by atoms with Crippen LogP contribution in [0.3, 0.4) is 0 Å². The van der Waals surface area contributed by atoms with Gasteiger partial charge in [0.1, 0.15) is 0 Å². The van der Waals surface area contributed by atoms with Gasteiger partial charge in [-0.1, -0.05) is 18.0 Å². The topological polar surface area (TPSA) is 38.9 Å². The Labute approximate surface area is 93.2 Å². The van der Waals surface area contributed by atoms with Gasteiger partial charge in [-0.15, -0.1) is 11.8 Å². The normalized spacial score (nSPS) is 26.7. The van der Waals surface area contributed by atoms with Crippen molar-refractivity contribution in [1.82, 2.24) is 4.98 Å². The Kier molecular flexibility index (Phi) is 3.31. The highest BCUT2D eigenvalue weighted by Crippen LogP contribution is 2.33. The maximum Gasteiger partial charge on any atom is 0.0964 e. The number of halogens is 1. The maximum atomic E-state index is 5.98. The first-order valence-electron chi connectivity index (χ1n) is 4.79. The minimum atomic E-state index is 0.331. The SMILES string of the molecule is NC1CCCC1Sc1ccc(Cl)cn1. The Morgan fingerprint density at radius 2 is 2.29 bits per heavy atom. The molecule has 2 rings (SSSR count). The molecule has 1 aromatic rings. The fourth-order valence-electron chi connectivity index (χ4n) is 1.69. The fourth-order valence-corrected chi connectivity index (χ4v) is 2.97. The average molecular weight is 229 g/mol. The summed E-state index contributed by atoms with van der Waals surface area (Å²) in [6.45, 7) is 0. The van der Waals surface area contributed by atoms with Gasteiger partial charge in [-0.3, -0.25) is 0 Å². The molecule has 76 valence electrons. The number of thioether (sulfide) groups is 1. The summed E-state index contributed by atoms with van der Waals surface area (Å²) in [7, 11) is 0. The van der Waals surface area contributed by atoms with Crippen molar-refractivity contribution < 1.29 is 0 Å². The first-order chi connectivity index (χ1) is 6.75. The summed E-state index contributed by atoms with van der Waals surface area (Å²) in [4.78, 5) is 4.25. The molecule has 14 heavy (non-hydrogen) atoms. The van der Waals surface area contributed by atoms with Crippen LogP contribution in [-0.4, -0.2) is 16.3 Å². The van der Waals surface area contributed by atoms with E-state index in [1.54, 1.807) is 18.0 Å². The number of nitrogens with two attached hydrogens (primary N) is 1. The first kappa shape index (κ1) is 10.3. The van der Waals surface area contributed by atoms with Crippen molar-refractivity contribution >= 4 is 23.4 Å². The number of nitrogens with zero attached hydrogens (tertiary/aromatic N) is 1. The van der Waals surface area contributed by atoms with E-state index in [0.717, 1.165) is 11.4 Å². The molecular weight excluding hydrogens is 216 g/mol. The van der Waals surface area contributed by atoms with Gasteiger partial charge in [-0.25, -0.2) is 4.98 Å². The van der Waals surface area contributed by atoms with Crippen molar-refractivity contribution in [3.05, 3.63) is 23.4 Å². The predicted molar refractivity (Wildman–Crippen MR) is 60.7 cm³/mol. The van der Waals surface area contributed by atoms with Gasteiger partial charge in [0.15, 0.2) is 0 Å². The molecule has 4 heteroatoms. The number of hydrogen-bond donors (Lipinski definition) is 1. The molecule has 0 saturated heterocycles. The standard InChI is InChI=1S/C10H13ClN2S/c11-7-4-5-10(13-6-7)14-9-3-1-2-8(9)12/h4-6,8-9H,1-3,12H2. The van der Waals surface area contributed by atoms with E-state index in [2.05, 4.69) is 4.98 Å². The Morgan fingerprint density at radius 1 is 1.43 bits per heavy atom. The average Bonchev–Trinajstić information content (AvgIpc) is 2.56. The van der Waals surface area contributed by atoms with Crippen LogP contribution in [0.15, 0.2) is 23.4 Å². The van der Waals surface area contributed by atoms with Crippen molar-refractivity contribution in [2.45, 2.75) is 35.6 Å². The molecule has 1 aromatic heterocycles. The Bertz CT molecular complexity index is 301. The van der Waals surface area contributed by atoms with Crippen LogP contribution in [-0.2, 0) is 0 Å². The van der Waals surface area contributed by atoms with Gasteiger partial charge < -0.3 is 5.73 Å². The van der Waals surface area contributed by atoms with E-state index in [4.69, 9.17) is 17.3 Å². The summed E-state index contributed by atoms with van der Waals surface area (Å²) in [6.07, 6.45) is 5.28. The largest absolute Gasteiger partial charge is 0.327 e. The lowest BCUT2D eigenvalue weighted by atomic mass is 10.3. The Morgan fingerprint density at radius 3 is 2.86 bits per heavy atom. The summed E-state index contributed by atoms with van der Waals surface area (Å²) in [5.74, 6) is 0. The van der Waals surface area contributed by atoms with E-state index in [1.165, 1.54) is 12.8 Å². The zero-order valence-corrected chi connectivity index (χ0v) is 9.39. The monoisotopic (exact) mass is 228 g/mol. The summed E-state index contributed by atoms with van der Waals surface area (Å²) in [5, 5.41) is 2.24. The third-order valence-electron chi connectivity index (χ3n) is 2.48. The smallest absolute Gasteiger partial charge is 0.0964 e. The molecule has 0 amide bonds. The molecule has 2 atom stereocenters.